The zero-order valence-electron chi connectivity index (χ0n) is 15.4. The first-order valence-electron chi connectivity index (χ1n) is 8.64. The number of aromatic nitrogens is 6. The largest absolute Gasteiger partial charge is 0.497 e. The van der Waals surface area contributed by atoms with Crippen LogP contribution < -0.4 is 20.3 Å². The first kappa shape index (κ1) is 17.4. The second kappa shape index (κ2) is 6.71. The molecule has 29 heavy (non-hydrogen) atoms. The summed E-state index contributed by atoms with van der Waals surface area (Å²) >= 11 is 1.52. The molecule has 5 rings (SSSR count). The van der Waals surface area contributed by atoms with E-state index >= 15 is 0 Å². The number of nitrogens with one attached hydrogen (secondary N) is 2. The first-order chi connectivity index (χ1) is 14.2. The summed E-state index contributed by atoms with van der Waals surface area (Å²) in [6.07, 6.45) is 0. The van der Waals surface area contributed by atoms with Gasteiger partial charge in [-0.25, -0.2) is 5.10 Å². The van der Waals surface area contributed by atoms with Crippen LogP contribution in [0.3, 0.4) is 0 Å². The quantitative estimate of drug-likeness (QED) is 0.464. The van der Waals surface area contributed by atoms with Crippen molar-refractivity contribution in [1.82, 2.24) is 30.4 Å². The zero-order valence-corrected chi connectivity index (χ0v) is 16.2. The van der Waals surface area contributed by atoms with Gasteiger partial charge in [0.15, 0.2) is 0 Å². The average Bonchev–Trinajstić information content (AvgIpc) is 3.44. The third kappa shape index (κ3) is 2.66. The summed E-state index contributed by atoms with van der Waals surface area (Å²) in [5.41, 5.74) is 2.02. The minimum absolute atomic E-state index is 0.348. The molecule has 3 aromatic heterocycles. The molecule has 0 spiro atoms. The van der Waals surface area contributed by atoms with Gasteiger partial charge in [-0.05, 0) is 40.1 Å². The van der Waals surface area contributed by atoms with Gasteiger partial charge in [0.1, 0.15) is 28.9 Å². The van der Waals surface area contributed by atoms with Crippen LogP contribution in [-0.2, 0) is 0 Å². The standard InChI is InChI=1S/C18H15N7O3S/c1-27-9-5-6-11(28-2)10(8-9)16-13-14(12-4-3-7-29-12)20-21-17(26)15(13)19-18-22-23-24-25(16)18/h3-8,16H,1-2H3,(H,21,26)(H,19,22,24)/t16-/m1/s1. The van der Waals surface area contributed by atoms with E-state index in [2.05, 4.69) is 31.0 Å². The van der Waals surface area contributed by atoms with E-state index in [1.165, 1.54) is 11.3 Å². The van der Waals surface area contributed by atoms with Gasteiger partial charge in [0.2, 0.25) is 5.95 Å². The van der Waals surface area contributed by atoms with E-state index in [1.54, 1.807) is 25.0 Å². The van der Waals surface area contributed by atoms with Gasteiger partial charge < -0.3 is 14.8 Å². The second-order valence-electron chi connectivity index (χ2n) is 6.25. The van der Waals surface area contributed by atoms with E-state index in [9.17, 15) is 4.79 Å². The lowest BCUT2D eigenvalue weighted by Crippen LogP contribution is -2.29. The van der Waals surface area contributed by atoms with Gasteiger partial charge in [0.05, 0.1) is 19.1 Å². The Bertz CT molecular complexity index is 1250. The minimum Gasteiger partial charge on any atom is -0.497 e. The van der Waals surface area contributed by atoms with Crippen molar-refractivity contribution >= 4 is 23.0 Å². The third-order valence-electron chi connectivity index (χ3n) is 4.75. The van der Waals surface area contributed by atoms with E-state index in [1.807, 2.05) is 29.6 Å². The van der Waals surface area contributed by atoms with Crippen LogP contribution in [0, 0.1) is 0 Å². The summed E-state index contributed by atoms with van der Waals surface area (Å²) in [5, 5.41) is 23.8. The molecule has 4 aromatic rings. The predicted molar refractivity (Wildman–Crippen MR) is 106 cm³/mol. The van der Waals surface area contributed by atoms with Gasteiger partial charge in [-0.3, -0.25) is 4.79 Å². The van der Waals surface area contributed by atoms with Crippen molar-refractivity contribution in [1.29, 1.82) is 0 Å². The Morgan fingerprint density at radius 2 is 2.10 bits per heavy atom. The van der Waals surface area contributed by atoms with E-state index in [4.69, 9.17) is 9.47 Å². The summed E-state index contributed by atoms with van der Waals surface area (Å²) in [7, 11) is 3.18. The topological polar surface area (TPSA) is 120 Å². The lowest BCUT2D eigenvalue weighted by atomic mass is 9.93. The highest BCUT2D eigenvalue weighted by molar-refractivity contribution is 7.13. The van der Waals surface area contributed by atoms with E-state index in [-0.39, 0.29) is 5.56 Å². The Balaban J connectivity index is 1.86. The van der Waals surface area contributed by atoms with E-state index in [0.717, 1.165) is 10.4 Å². The maximum Gasteiger partial charge on any atom is 0.288 e. The number of rotatable bonds is 4. The predicted octanol–water partition coefficient (Wildman–Crippen LogP) is 2.20. The van der Waals surface area contributed by atoms with Crippen molar-refractivity contribution in [2.75, 3.05) is 19.5 Å². The van der Waals surface area contributed by atoms with Crippen LogP contribution in [0.25, 0.3) is 10.6 Å². The van der Waals surface area contributed by atoms with Crippen LogP contribution in [0.5, 0.6) is 11.5 Å². The average molecular weight is 409 g/mol. The number of ether oxygens (including phenoxy) is 2. The lowest BCUT2D eigenvalue weighted by Gasteiger charge is -2.28. The number of hydrogen-bond donors (Lipinski definition) is 2. The molecule has 0 saturated carbocycles. The SMILES string of the molecule is COc1ccc(OC)c([C@@H]2c3c(-c4cccs4)n[nH]c(=O)c3Nc3nnnn32)c1. The molecule has 11 heteroatoms. The molecular formula is C18H15N7O3S. The van der Waals surface area contributed by atoms with Gasteiger partial charge in [0.25, 0.3) is 5.56 Å². The van der Waals surface area contributed by atoms with Gasteiger partial charge in [-0.1, -0.05) is 11.2 Å². The molecule has 1 aliphatic rings. The fraction of sp³-hybridized carbons (Fsp3) is 0.167. The molecule has 1 aliphatic heterocycles. The number of anilines is 2. The van der Waals surface area contributed by atoms with Crippen molar-refractivity contribution in [3.05, 3.63) is 57.2 Å². The maximum absolute atomic E-state index is 12.7. The molecule has 0 bridgehead atoms. The number of fused-ring (bicyclic) bond motifs is 2. The Morgan fingerprint density at radius 3 is 2.86 bits per heavy atom. The second-order valence-corrected chi connectivity index (χ2v) is 7.20. The summed E-state index contributed by atoms with van der Waals surface area (Å²) in [5.74, 6) is 1.61. The summed E-state index contributed by atoms with van der Waals surface area (Å²) < 4.78 is 12.6. The molecule has 2 N–H and O–H groups in total. The van der Waals surface area contributed by atoms with Crippen LogP contribution in [0.15, 0.2) is 40.5 Å². The summed E-state index contributed by atoms with van der Waals surface area (Å²) in [6, 6.07) is 8.79. The van der Waals surface area contributed by atoms with Crippen molar-refractivity contribution in [2.45, 2.75) is 6.04 Å². The molecule has 1 aromatic carbocycles. The van der Waals surface area contributed by atoms with Crippen molar-refractivity contribution < 1.29 is 9.47 Å². The van der Waals surface area contributed by atoms with E-state index < -0.39 is 6.04 Å². The van der Waals surface area contributed by atoms with Crippen LogP contribution in [-0.4, -0.2) is 44.6 Å². The highest BCUT2D eigenvalue weighted by Gasteiger charge is 2.36. The Morgan fingerprint density at radius 1 is 1.21 bits per heavy atom. The third-order valence-corrected chi connectivity index (χ3v) is 5.63. The van der Waals surface area contributed by atoms with Gasteiger partial charge in [-0.2, -0.15) is 9.78 Å². The molecule has 4 heterocycles. The molecule has 0 saturated heterocycles. The Kier molecular flexibility index (Phi) is 4.02. The number of H-pyrrole nitrogens is 1. The monoisotopic (exact) mass is 409 g/mol. The summed E-state index contributed by atoms with van der Waals surface area (Å²) in [4.78, 5) is 13.6. The lowest BCUT2D eigenvalue weighted by molar-refractivity contribution is 0.392. The molecule has 0 unspecified atom stereocenters. The van der Waals surface area contributed by atoms with Crippen LogP contribution >= 0.6 is 11.3 Å². The van der Waals surface area contributed by atoms with Crippen molar-refractivity contribution in [2.24, 2.45) is 0 Å². The van der Waals surface area contributed by atoms with Crippen LogP contribution in [0.2, 0.25) is 0 Å². The molecule has 10 nitrogen and oxygen atoms in total. The summed E-state index contributed by atoms with van der Waals surface area (Å²) in [6.45, 7) is 0. The molecule has 0 radical (unpaired) electrons. The number of methoxy groups -OCH3 is 2. The van der Waals surface area contributed by atoms with Crippen molar-refractivity contribution in [3.8, 4) is 22.1 Å². The van der Waals surface area contributed by atoms with E-state index in [0.29, 0.717) is 34.4 Å². The van der Waals surface area contributed by atoms with Gasteiger partial charge >= 0.3 is 0 Å². The Labute approximate surface area is 168 Å². The van der Waals surface area contributed by atoms with Gasteiger partial charge in [-0.15, -0.1) is 11.3 Å². The fourth-order valence-electron chi connectivity index (χ4n) is 3.48. The number of hydrogen-bond acceptors (Lipinski definition) is 9. The number of benzene rings is 1. The highest BCUT2D eigenvalue weighted by atomic mass is 32.1. The number of aromatic amines is 1. The zero-order chi connectivity index (χ0) is 20.0. The molecule has 1 atom stereocenters. The Hall–Kier alpha value is -3.73. The fourth-order valence-corrected chi connectivity index (χ4v) is 4.21. The van der Waals surface area contributed by atoms with Crippen molar-refractivity contribution in [3.63, 3.8) is 0 Å². The smallest absolute Gasteiger partial charge is 0.288 e. The molecule has 0 fully saturated rings. The van der Waals surface area contributed by atoms with Crippen LogP contribution in [0.4, 0.5) is 11.6 Å². The molecule has 0 amide bonds. The highest BCUT2D eigenvalue weighted by Crippen LogP contribution is 2.45. The van der Waals surface area contributed by atoms with Gasteiger partial charge in [0, 0.05) is 11.1 Å². The molecule has 146 valence electrons. The number of tetrazole rings is 1. The minimum atomic E-state index is -0.548. The maximum atomic E-state index is 12.7. The molecular weight excluding hydrogens is 394 g/mol. The number of nitrogens with zero attached hydrogens (tertiary/aromatic N) is 5. The number of thiophene rings is 1. The first-order valence-corrected chi connectivity index (χ1v) is 9.52. The van der Waals surface area contributed by atoms with Crippen LogP contribution in [0.1, 0.15) is 17.2 Å². The normalized spacial score (nSPS) is 14.6. The molecule has 0 aliphatic carbocycles.